The first kappa shape index (κ1) is 29.8. The molecule has 2 bridgehead atoms. The maximum Gasteiger partial charge on any atom is 0.249 e. The Labute approximate surface area is 230 Å². The van der Waals surface area contributed by atoms with Crippen molar-refractivity contribution < 1.29 is 24.2 Å². The highest BCUT2D eigenvalue weighted by Gasteiger charge is 2.77. The van der Waals surface area contributed by atoms with Gasteiger partial charge in [0.1, 0.15) is 11.6 Å². The van der Waals surface area contributed by atoms with Gasteiger partial charge in [-0.2, -0.15) is 0 Å². The highest BCUT2D eigenvalue weighted by molar-refractivity contribution is 9.09. The molecule has 3 heterocycles. The number of nitrogens with zero attached hydrogens (tertiary/aromatic N) is 3. The molecule has 1 spiro atoms. The average molecular weight is 583 g/mol. The lowest BCUT2D eigenvalue weighted by Gasteiger charge is -2.44. The fraction of sp³-hybridized carbons (Fsp3) is 0.750. The van der Waals surface area contributed by atoms with E-state index in [1.54, 1.807) is 26.9 Å². The van der Waals surface area contributed by atoms with Gasteiger partial charge in [-0.3, -0.25) is 14.4 Å². The minimum absolute atomic E-state index is 0.106. The van der Waals surface area contributed by atoms with Gasteiger partial charge in [-0.25, -0.2) is 0 Å². The molecule has 1 N–H and O–H groups in total. The van der Waals surface area contributed by atoms with Crippen LogP contribution in [0.25, 0.3) is 0 Å². The third-order valence-electron chi connectivity index (χ3n) is 8.10. The molecule has 3 saturated heterocycles. The Morgan fingerprint density at radius 2 is 1.86 bits per heavy atom. The minimum Gasteiger partial charge on any atom is -0.394 e. The number of halogens is 1. The standard InChI is InChI=1S/C28H44BrN3O5/c1-9-12-30(13-10-2)24(34)20-21-25(35)32(19(16-33)17(4)5)23(28(21)15-18(29)22(20)37-28)26(36)31(14-11-3)27(6,7)8/h9,11,17-23,33H,1,3,10,12-16H2,2,4-8H3/t18?,19-,20+,21-,22+,23?,28?/m0/s1. The summed E-state index contributed by atoms with van der Waals surface area (Å²) in [6.07, 6.45) is 4.05. The molecule has 0 aromatic heterocycles. The third-order valence-corrected chi connectivity index (χ3v) is 8.95. The normalized spacial score (nSPS) is 31.4. The largest absolute Gasteiger partial charge is 0.394 e. The van der Waals surface area contributed by atoms with Gasteiger partial charge < -0.3 is 24.5 Å². The van der Waals surface area contributed by atoms with Gasteiger partial charge in [-0.1, -0.05) is 48.9 Å². The zero-order valence-corrected chi connectivity index (χ0v) is 24.7. The number of hydrogen-bond acceptors (Lipinski definition) is 5. The number of hydrogen-bond donors (Lipinski definition) is 1. The summed E-state index contributed by atoms with van der Waals surface area (Å²) in [7, 11) is 0. The van der Waals surface area contributed by atoms with Crippen LogP contribution in [0.3, 0.4) is 0 Å². The molecule has 3 aliphatic rings. The van der Waals surface area contributed by atoms with Gasteiger partial charge in [0.2, 0.25) is 17.7 Å². The second-order valence-electron chi connectivity index (χ2n) is 11.9. The second-order valence-corrected chi connectivity index (χ2v) is 13.1. The SMILES string of the molecule is C=CCN(CCC)C(=O)[C@H]1[C@@H]2OC3(CC2Br)C(C(=O)N(CC=C)C(C)(C)C)N([C@@H](CO)C(C)C)C(=O)[C@H]13. The number of amides is 3. The minimum atomic E-state index is -1.16. The Hall–Kier alpha value is -1.71. The van der Waals surface area contributed by atoms with Crippen LogP contribution >= 0.6 is 15.9 Å². The first-order chi connectivity index (χ1) is 17.3. The van der Waals surface area contributed by atoms with E-state index in [9.17, 15) is 19.5 Å². The van der Waals surface area contributed by atoms with Gasteiger partial charge in [0.05, 0.1) is 30.6 Å². The molecule has 3 unspecified atom stereocenters. The predicted octanol–water partition coefficient (Wildman–Crippen LogP) is 2.99. The van der Waals surface area contributed by atoms with Crippen LogP contribution in [0.2, 0.25) is 0 Å². The lowest BCUT2D eigenvalue weighted by Crippen LogP contribution is -2.62. The van der Waals surface area contributed by atoms with E-state index in [0.717, 1.165) is 6.42 Å². The summed E-state index contributed by atoms with van der Waals surface area (Å²) in [5.74, 6) is -2.29. The smallest absolute Gasteiger partial charge is 0.249 e. The summed E-state index contributed by atoms with van der Waals surface area (Å²) in [5, 5.41) is 10.4. The lowest BCUT2D eigenvalue weighted by atomic mass is 9.70. The number of aliphatic hydroxyl groups is 1. The van der Waals surface area contributed by atoms with E-state index in [4.69, 9.17) is 4.74 Å². The van der Waals surface area contributed by atoms with Crippen molar-refractivity contribution in [1.29, 1.82) is 0 Å². The van der Waals surface area contributed by atoms with Crippen molar-refractivity contribution in [3.63, 3.8) is 0 Å². The highest BCUT2D eigenvalue weighted by atomic mass is 79.9. The van der Waals surface area contributed by atoms with Gasteiger partial charge in [0.15, 0.2) is 0 Å². The lowest BCUT2D eigenvalue weighted by molar-refractivity contribution is -0.155. The zero-order chi connectivity index (χ0) is 27.9. The molecular weight excluding hydrogens is 538 g/mol. The van der Waals surface area contributed by atoms with Gasteiger partial charge in [0, 0.05) is 30.0 Å². The van der Waals surface area contributed by atoms with E-state index in [-0.39, 0.29) is 35.1 Å². The Morgan fingerprint density at radius 1 is 1.24 bits per heavy atom. The fourth-order valence-electron chi connectivity index (χ4n) is 6.51. The monoisotopic (exact) mass is 581 g/mol. The molecule has 3 rings (SSSR count). The molecule has 208 valence electrons. The fourth-order valence-corrected chi connectivity index (χ4v) is 7.45. The average Bonchev–Trinajstić information content (AvgIpc) is 3.40. The van der Waals surface area contributed by atoms with Crippen LogP contribution < -0.4 is 0 Å². The molecule has 9 heteroatoms. The quantitative estimate of drug-likeness (QED) is 0.299. The first-order valence-electron chi connectivity index (χ1n) is 13.4. The second kappa shape index (κ2) is 11.2. The molecule has 8 nitrogen and oxygen atoms in total. The van der Waals surface area contributed by atoms with Crippen LogP contribution in [-0.2, 0) is 19.1 Å². The van der Waals surface area contributed by atoms with Crippen LogP contribution in [0.1, 0.15) is 54.4 Å². The van der Waals surface area contributed by atoms with Gasteiger partial charge in [-0.05, 0) is 39.5 Å². The van der Waals surface area contributed by atoms with Crippen molar-refractivity contribution in [1.82, 2.24) is 14.7 Å². The van der Waals surface area contributed by atoms with E-state index in [1.165, 1.54) is 0 Å². The van der Waals surface area contributed by atoms with Gasteiger partial charge in [0.25, 0.3) is 0 Å². The highest BCUT2D eigenvalue weighted by Crippen LogP contribution is 2.61. The van der Waals surface area contributed by atoms with E-state index < -0.39 is 41.2 Å². The maximum absolute atomic E-state index is 14.4. The maximum atomic E-state index is 14.4. The number of carbonyl (C=O) groups excluding carboxylic acids is 3. The Kier molecular flexibility index (Phi) is 9.02. The number of ether oxygens (including phenoxy) is 1. The number of rotatable bonds is 11. The topological polar surface area (TPSA) is 90.4 Å². The van der Waals surface area contributed by atoms with E-state index in [0.29, 0.717) is 26.1 Å². The van der Waals surface area contributed by atoms with Crippen molar-refractivity contribution in [2.24, 2.45) is 17.8 Å². The molecule has 0 aliphatic carbocycles. The van der Waals surface area contributed by atoms with Crippen molar-refractivity contribution in [3.8, 4) is 0 Å². The zero-order valence-electron chi connectivity index (χ0n) is 23.2. The molecule has 3 amide bonds. The van der Waals surface area contributed by atoms with Gasteiger partial charge >= 0.3 is 0 Å². The summed E-state index contributed by atoms with van der Waals surface area (Å²) in [6, 6.07) is -1.54. The van der Waals surface area contributed by atoms with Crippen LogP contribution in [0.5, 0.6) is 0 Å². The molecule has 7 atom stereocenters. The predicted molar refractivity (Wildman–Crippen MR) is 147 cm³/mol. The van der Waals surface area contributed by atoms with Crippen molar-refractivity contribution in [2.45, 2.75) is 88.5 Å². The molecule has 3 fully saturated rings. The number of likely N-dealkylation sites (tertiary alicyclic amines) is 1. The summed E-state index contributed by atoms with van der Waals surface area (Å²) >= 11 is 3.73. The van der Waals surface area contributed by atoms with Crippen LogP contribution in [0.15, 0.2) is 25.3 Å². The van der Waals surface area contributed by atoms with Crippen molar-refractivity contribution in [3.05, 3.63) is 25.3 Å². The first-order valence-corrected chi connectivity index (χ1v) is 14.3. The van der Waals surface area contributed by atoms with Crippen molar-refractivity contribution in [2.75, 3.05) is 26.2 Å². The molecule has 0 saturated carbocycles. The Bertz CT molecular complexity index is 918. The summed E-state index contributed by atoms with van der Waals surface area (Å²) in [4.78, 5) is 47.5. The number of alkyl halides is 1. The molecule has 37 heavy (non-hydrogen) atoms. The molecule has 0 radical (unpaired) electrons. The summed E-state index contributed by atoms with van der Waals surface area (Å²) < 4.78 is 6.65. The van der Waals surface area contributed by atoms with Crippen molar-refractivity contribution >= 4 is 33.7 Å². The number of fused-ring (bicyclic) bond motifs is 1. The Balaban J connectivity index is 2.18. The number of carbonyl (C=O) groups is 3. The summed E-state index contributed by atoms with van der Waals surface area (Å²) in [5.41, 5.74) is -1.70. The molecule has 0 aromatic carbocycles. The van der Waals surface area contributed by atoms with Crippen LogP contribution in [-0.4, -0.2) is 97.9 Å². The van der Waals surface area contributed by atoms with E-state index in [2.05, 4.69) is 29.1 Å². The molecular formula is C28H44BrN3O5. The van der Waals surface area contributed by atoms with E-state index >= 15 is 0 Å². The summed E-state index contributed by atoms with van der Waals surface area (Å²) in [6.45, 7) is 20.3. The third kappa shape index (κ3) is 4.91. The molecule has 0 aromatic rings. The van der Waals surface area contributed by atoms with Crippen LogP contribution in [0.4, 0.5) is 0 Å². The van der Waals surface area contributed by atoms with Gasteiger partial charge in [-0.15, -0.1) is 13.2 Å². The molecule has 3 aliphatic heterocycles. The van der Waals surface area contributed by atoms with Crippen LogP contribution in [0, 0.1) is 17.8 Å². The van der Waals surface area contributed by atoms with E-state index in [1.807, 2.05) is 41.5 Å². The Morgan fingerprint density at radius 3 is 2.35 bits per heavy atom. The number of aliphatic hydroxyl groups excluding tert-OH is 1.